The Balaban J connectivity index is 1.50. The van der Waals surface area contributed by atoms with Crippen molar-refractivity contribution in [3.8, 4) is 0 Å². The van der Waals surface area contributed by atoms with Gasteiger partial charge in [0, 0.05) is 44.6 Å². The minimum absolute atomic E-state index is 0.179. The predicted octanol–water partition coefficient (Wildman–Crippen LogP) is 2.15. The second-order valence-electron chi connectivity index (χ2n) is 5.56. The van der Waals surface area contributed by atoms with Crippen LogP contribution in [0.25, 0.3) is 11.0 Å². The molecule has 3 aromatic rings. The number of piperazine rings is 1. The van der Waals surface area contributed by atoms with Gasteiger partial charge < -0.3 is 19.8 Å². The molecule has 1 aromatic carbocycles. The van der Waals surface area contributed by atoms with Crippen molar-refractivity contribution in [3.63, 3.8) is 0 Å². The average molecular weight is 393 g/mol. The minimum atomic E-state index is -0.391. The van der Waals surface area contributed by atoms with Crippen molar-refractivity contribution in [2.45, 2.75) is 0 Å². The van der Waals surface area contributed by atoms with Crippen molar-refractivity contribution in [2.24, 2.45) is 0 Å². The van der Waals surface area contributed by atoms with Crippen LogP contribution in [0.5, 0.6) is 0 Å². The Bertz CT molecular complexity index is 846. The number of aromatic nitrogens is 4. The van der Waals surface area contributed by atoms with Gasteiger partial charge in [0.1, 0.15) is 5.82 Å². The lowest BCUT2D eigenvalue weighted by molar-refractivity contribution is 0.0735. The van der Waals surface area contributed by atoms with Gasteiger partial charge in [0.2, 0.25) is 5.95 Å². The topological polar surface area (TPSA) is 80.9 Å². The summed E-state index contributed by atoms with van der Waals surface area (Å²) in [5.74, 6) is 0.471. The number of halogens is 2. The summed E-state index contributed by atoms with van der Waals surface area (Å²) in [6.07, 6.45) is 3.48. The fourth-order valence-corrected chi connectivity index (χ4v) is 3.14. The van der Waals surface area contributed by atoms with E-state index in [1.165, 1.54) is 6.07 Å². The molecule has 1 aliphatic heterocycles. The van der Waals surface area contributed by atoms with Gasteiger partial charge in [0.05, 0.1) is 15.5 Å². The van der Waals surface area contributed by atoms with Crippen LogP contribution in [-0.4, -0.2) is 56.9 Å². The Hall–Kier alpha value is -2.42. The molecular formula is C15H14BrFN6O. The Morgan fingerprint density at radius 2 is 2.04 bits per heavy atom. The van der Waals surface area contributed by atoms with Gasteiger partial charge in [-0.15, -0.1) is 0 Å². The van der Waals surface area contributed by atoms with Crippen molar-refractivity contribution in [3.05, 3.63) is 40.6 Å². The van der Waals surface area contributed by atoms with Gasteiger partial charge in [-0.1, -0.05) is 0 Å². The number of rotatable bonds is 2. The summed E-state index contributed by atoms with van der Waals surface area (Å²) in [6.45, 7) is 2.54. The van der Waals surface area contributed by atoms with E-state index in [2.05, 4.69) is 40.8 Å². The van der Waals surface area contributed by atoms with Crippen LogP contribution >= 0.6 is 15.9 Å². The number of nitrogens with zero attached hydrogens (tertiary/aromatic N) is 4. The number of carbonyl (C=O) groups is 1. The maximum atomic E-state index is 13.6. The van der Waals surface area contributed by atoms with Crippen molar-refractivity contribution in [1.82, 2.24) is 24.8 Å². The van der Waals surface area contributed by atoms with E-state index in [4.69, 9.17) is 0 Å². The van der Waals surface area contributed by atoms with Crippen LogP contribution in [0.2, 0.25) is 0 Å². The quantitative estimate of drug-likeness (QED) is 0.699. The maximum Gasteiger partial charge on any atom is 0.289 e. The number of nitrogens with one attached hydrogen (secondary N) is 2. The average Bonchev–Trinajstić information content (AvgIpc) is 3.24. The van der Waals surface area contributed by atoms with E-state index in [9.17, 15) is 9.18 Å². The summed E-state index contributed by atoms with van der Waals surface area (Å²) < 4.78 is 13.9. The highest BCUT2D eigenvalue weighted by molar-refractivity contribution is 9.10. The molecule has 1 amide bonds. The lowest BCUT2D eigenvalue weighted by atomic mass is 10.3. The van der Waals surface area contributed by atoms with Crippen LogP contribution in [0.15, 0.2) is 29.0 Å². The van der Waals surface area contributed by atoms with E-state index in [1.807, 2.05) is 0 Å². The summed E-state index contributed by atoms with van der Waals surface area (Å²) >= 11 is 3.13. The third-order valence-corrected chi connectivity index (χ3v) is 4.68. The van der Waals surface area contributed by atoms with Crippen LogP contribution in [0.3, 0.4) is 0 Å². The molecule has 24 heavy (non-hydrogen) atoms. The number of aromatic amines is 2. The van der Waals surface area contributed by atoms with Crippen molar-refractivity contribution in [1.29, 1.82) is 0 Å². The predicted molar refractivity (Wildman–Crippen MR) is 90.5 cm³/mol. The summed E-state index contributed by atoms with van der Waals surface area (Å²) in [5.41, 5.74) is 1.06. The van der Waals surface area contributed by atoms with E-state index < -0.39 is 5.82 Å². The van der Waals surface area contributed by atoms with E-state index in [-0.39, 0.29) is 11.7 Å². The number of fused-ring (bicyclic) bond motifs is 1. The first kappa shape index (κ1) is 15.1. The van der Waals surface area contributed by atoms with Gasteiger partial charge in [0.25, 0.3) is 5.91 Å². The first-order valence-electron chi connectivity index (χ1n) is 7.50. The Kier molecular flexibility index (Phi) is 3.72. The van der Waals surface area contributed by atoms with Crippen molar-refractivity contribution >= 4 is 38.8 Å². The fourth-order valence-electron chi connectivity index (χ4n) is 2.81. The molecule has 0 atom stereocenters. The molecule has 1 saturated heterocycles. The zero-order chi connectivity index (χ0) is 16.7. The summed E-state index contributed by atoms with van der Waals surface area (Å²) in [5, 5.41) is 0. The van der Waals surface area contributed by atoms with E-state index in [0.29, 0.717) is 41.7 Å². The van der Waals surface area contributed by atoms with Crippen LogP contribution in [-0.2, 0) is 0 Å². The first-order valence-corrected chi connectivity index (χ1v) is 8.29. The molecule has 3 heterocycles. The zero-order valence-electron chi connectivity index (χ0n) is 12.6. The van der Waals surface area contributed by atoms with Crippen LogP contribution in [0.4, 0.5) is 10.3 Å². The summed E-state index contributed by atoms with van der Waals surface area (Å²) in [6, 6.07) is 2.89. The van der Waals surface area contributed by atoms with Gasteiger partial charge in [-0.25, -0.2) is 14.4 Å². The molecule has 1 fully saturated rings. The molecule has 0 unspecified atom stereocenters. The smallest absolute Gasteiger partial charge is 0.289 e. The van der Waals surface area contributed by atoms with Crippen LogP contribution < -0.4 is 4.90 Å². The number of amides is 1. The molecule has 1 aliphatic rings. The second kappa shape index (κ2) is 5.90. The molecule has 0 spiro atoms. The summed E-state index contributed by atoms with van der Waals surface area (Å²) in [4.78, 5) is 30.9. The molecule has 2 aromatic heterocycles. The Labute approximate surface area is 145 Å². The molecule has 9 heteroatoms. The SMILES string of the molecule is O=C(c1nc2cc(Br)c(F)cc2[nH]1)N1CCN(c2ncc[nH]2)CC1. The van der Waals surface area contributed by atoms with E-state index in [0.717, 1.165) is 5.95 Å². The van der Waals surface area contributed by atoms with E-state index in [1.54, 1.807) is 23.4 Å². The number of anilines is 1. The molecule has 0 radical (unpaired) electrons. The maximum absolute atomic E-state index is 13.6. The first-order chi connectivity index (χ1) is 11.6. The highest BCUT2D eigenvalue weighted by Gasteiger charge is 2.25. The number of imidazole rings is 2. The molecule has 0 saturated carbocycles. The Morgan fingerprint density at radius 3 is 2.75 bits per heavy atom. The van der Waals surface area contributed by atoms with E-state index >= 15 is 0 Å². The molecule has 0 bridgehead atoms. The van der Waals surface area contributed by atoms with Crippen LogP contribution in [0.1, 0.15) is 10.6 Å². The van der Waals surface area contributed by atoms with Crippen LogP contribution in [0, 0.1) is 5.82 Å². The normalized spacial score (nSPS) is 15.2. The third kappa shape index (κ3) is 2.64. The summed E-state index contributed by atoms with van der Waals surface area (Å²) in [7, 11) is 0. The van der Waals surface area contributed by atoms with Gasteiger partial charge in [-0.3, -0.25) is 4.79 Å². The number of carbonyl (C=O) groups excluding carboxylic acids is 1. The molecule has 2 N–H and O–H groups in total. The number of hydrogen-bond acceptors (Lipinski definition) is 4. The lowest BCUT2D eigenvalue weighted by Gasteiger charge is -2.34. The molecule has 7 nitrogen and oxygen atoms in total. The van der Waals surface area contributed by atoms with Crippen molar-refractivity contribution in [2.75, 3.05) is 31.1 Å². The number of hydrogen-bond donors (Lipinski definition) is 2. The standard InChI is InChI=1S/C15H14BrFN6O/c16-9-7-11-12(8-10(9)17)21-13(20-11)14(24)22-3-5-23(6-4-22)15-18-1-2-19-15/h1-2,7-8H,3-6H2,(H,18,19)(H,20,21). The fraction of sp³-hybridized carbons (Fsp3) is 0.267. The zero-order valence-corrected chi connectivity index (χ0v) is 14.2. The number of benzene rings is 1. The van der Waals surface area contributed by atoms with Gasteiger partial charge in [0.15, 0.2) is 5.82 Å². The molecule has 4 rings (SSSR count). The lowest BCUT2D eigenvalue weighted by Crippen LogP contribution is -2.49. The highest BCUT2D eigenvalue weighted by Crippen LogP contribution is 2.22. The minimum Gasteiger partial charge on any atom is -0.339 e. The second-order valence-corrected chi connectivity index (χ2v) is 6.42. The number of H-pyrrole nitrogens is 2. The van der Waals surface area contributed by atoms with Crippen molar-refractivity contribution < 1.29 is 9.18 Å². The third-order valence-electron chi connectivity index (χ3n) is 4.08. The van der Waals surface area contributed by atoms with Gasteiger partial charge in [-0.2, -0.15) is 0 Å². The monoisotopic (exact) mass is 392 g/mol. The van der Waals surface area contributed by atoms with Gasteiger partial charge in [-0.05, 0) is 22.0 Å². The largest absolute Gasteiger partial charge is 0.339 e. The highest BCUT2D eigenvalue weighted by atomic mass is 79.9. The molecular weight excluding hydrogens is 379 g/mol. The molecule has 0 aliphatic carbocycles. The van der Waals surface area contributed by atoms with Gasteiger partial charge >= 0.3 is 0 Å². The molecule has 124 valence electrons. The Morgan fingerprint density at radius 1 is 1.25 bits per heavy atom.